The highest BCUT2D eigenvalue weighted by Gasteiger charge is 2.08. The molecule has 0 aromatic heterocycles. The third kappa shape index (κ3) is 3.00. The maximum atomic E-state index is 10.7. The number of hydrogen-bond donors (Lipinski definition) is 2. The van der Waals surface area contributed by atoms with Crippen molar-refractivity contribution in [2.75, 3.05) is 26.7 Å². The number of rotatable bonds is 4. The van der Waals surface area contributed by atoms with Gasteiger partial charge in [0.15, 0.2) is 0 Å². The molecule has 18 heavy (non-hydrogen) atoms. The maximum absolute atomic E-state index is 10.7. The highest BCUT2D eigenvalue weighted by atomic mass is 16.4. The summed E-state index contributed by atoms with van der Waals surface area (Å²) in [6.07, 6.45) is -0.167. The van der Waals surface area contributed by atoms with Crippen molar-refractivity contribution in [3.63, 3.8) is 0 Å². The number of benzene rings is 1. The minimum atomic E-state index is -0.892. The van der Waals surface area contributed by atoms with Crippen molar-refractivity contribution in [3.8, 4) is 0 Å². The normalized spacial score (nSPS) is 13.9. The third-order valence-corrected chi connectivity index (χ3v) is 2.96. The van der Waals surface area contributed by atoms with Gasteiger partial charge in [0.25, 0.3) is 0 Å². The summed E-state index contributed by atoms with van der Waals surface area (Å²) in [4.78, 5) is 16.3. The van der Waals surface area contributed by atoms with Crippen molar-refractivity contribution in [2.45, 2.75) is 6.42 Å². The minimum absolute atomic E-state index is 0.508. The summed E-state index contributed by atoms with van der Waals surface area (Å²) in [6, 6.07) is 8.08. The van der Waals surface area contributed by atoms with Gasteiger partial charge in [0.05, 0.1) is 6.54 Å². The molecule has 1 amide bonds. The Bertz CT molecular complexity index is 454. The largest absolute Gasteiger partial charge is 0.465 e. The van der Waals surface area contributed by atoms with E-state index in [4.69, 9.17) is 5.11 Å². The number of likely N-dealkylation sites (N-methyl/N-ethyl adjacent to an activating group) is 1. The summed E-state index contributed by atoms with van der Waals surface area (Å²) in [6.45, 7) is 2.24. The molecule has 2 N–H and O–H groups in total. The van der Waals surface area contributed by atoms with E-state index in [1.807, 2.05) is 24.3 Å². The first-order valence-electron chi connectivity index (χ1n) is 5.98. The smallest absolute Gasteiger partial charge is 0.407 e. The Hall–Kier alpha value is -2.04. The quantitative estimate of drug-likeness (QED) is 0.840. The molecule has 0 bridgehead atoms. The van der Waals surface area contributed by atoms with E-state index < -0.39 is 6.09 Å². The van der Waals surface area contributed by atoms with E-state index in [9.17, 15) is 4.79 Å². The zero-order valence-electron chi connectivity index (χ0n) is 10.4. The number of amidine groups is 1. The number of nitrogens with zero attached hydrogens (tertiary/aromatic N) is 2. The summed E-state index contributed by atoms with van der Waals surface area (Å²) >= 11 is 0. The topological polar surface area (TPSA) is 64.9 Å². The fourth-order valence-corrected chi connectivity index (χ4v) is 1.81. The van der Waals surface area contributed by atoms with Gasteiger partial charge in [-0.1, -0.05) is 24.3 Å². The van der Waals surface area contributed by atoms with Crippen LogP contribution in [0.15, 0.2) is 29.3 Å². The van der Waals surface area contributed by atoms with Crippen LogP contribution in [-0.4, -0.2) is 48.6 Å². The lowest BCUT2D eigenvalue weighted by Gasteiger charge is -2.12. The van der Waals surface area contributed by atoms with E-state index in [1.54, 1.807) is 7.05 Å². The molecule has 96 valence electrons. The fraction of sp³-hybridized carbons (Fsp3) is 0.385. The lowest BCUT2D eigenvalue weighted by Crippen LogP contribution is -2.26. The van der Waals surface area contributed by atoms with Crippen molar-refractivity contribution in [2.24, 2.45) is 4.99 Å². The van der Waals surface area contributed by atoms with E-state index in [1.165, 1.54) is 4.90 Å². The van der Waals surface area contributed by atoms with Crippen LogP contribution in [-0.2, 0) is 6.42 Å². The van der Waals surface area contributed by atoms with Crippen molar-refractivity contribution in [1.82, 2.24) is 10.2 Å². The molecular formula is C13H17N3O2. The first-order chi connectivity index (χ1) is 8.66. The number of amides is 1. The second-order valence-electron chi connectivity index (χ2n) is 4.31. The van der Waals surface area contributed by atoms with E-state index in [-0.39, 0.29) is 0 Å². The molecule has 2 rings (SSSR count). The highest BCUT2D eigenvalue weighted by molar-refractivity contribution is 5.99. The second-order valence-corrected chi connectivity index (χ2v) is 4.31. The first-order valence-corrected chi connectivity index (χ1v) is 5.98. The Morgan fingerprint density at radius 2 is 2.17 bits per heavy atom. The molecular weight excluding hydrogens is 230 g/mol. The maximum Gasteiger partial charge on any atom is 0.407 e. The standard InChI is InChI=1S/C13H17N3O2/c1-16(13(17)18)9-6-10-2-4-11(5-3-10)12-14-7-8-15-12/h2-5H,6-9H2,1H3,(H,14,15)(H,17,18). The summed E-state index contributed by atoms with van der Waals surface area (Å²) in [5.74, 6) is 0.948. The van der Waals surface area contributed by atoms with Crippen LogP contribution in [0.3, 0.4) is 0 Å². The van der Waals surface area contributed by atoms with E-state index >= 15 is 0 Å². The summed E-state index contributed by atoms with van der Waals surface area (Å²) in [7, 11) is 1.58. The van der Waals surface area contributed by atoms with Crippen LogP contribution in [0.1, 0.15) is 11.1 Å². The average molecular weight is 247 g/mol. The minimum Gasteiger partial charge on any atom is -0.465 e. The van der Waals surface area contributed by atoms with Gasteiger partial charge in [0.1, 0.15) is 5.84 Å². The third-order valence-electron chi connectivity index (χ3n) is 2.96. The van der Waals surface area contributed by atoms with Gasteiger partial charge in [-0.15, -0.1) is 0 Å². The number of carbonyl (C=O) groups is 1. The van der Waals surface area contributed by atoms with Gasteiger partial charge in [-0.05, 0) is 12.0 Å². The molecule has 1 aromatic carbocycles. The van der Waals surface area contributed by atoms with Crippen molar-refractivity contribution in [3.05, 3.63) is 35.4 Å². The number of hydrogen-bond acceptors (Lipinski definition) is 3. The summed E-state index contributed by atoms with van der Waals surface area (Å²) in [5.41, 5.74) is 2.22. The molecule has 0 aliphatic carbocycles. The Labute approximate surface area is 106 Å². The Balaban J connectivity index is 1.93. The second kappa shape index (κ2) is 5.53. The highest BCUT2D eigenvalue weighted by Crippen LogP contribution is 2.08. The summed E-state index contributed by atoms with van der Waals surface area (Å²) in [5, 5.41) is 12.0. The Morgan fingerprint density at radius 3 is 2.72 bits per heavy atom. The molecule has 1 aliphatic heterocycles. The van der Waals surface area contributed by atoms with Crippen LogP contribution >= 0.6 is 0 Å². The molecule has 0 saturated carbocycles. The zero-order valence-corrected chi connectivity index (χ0v) is 10.4. The van der Waals surface area contributed by atoms with Crippen LogP contribution in [0.25, 0.3) is 0 Å². The number of carboxylic acid groups (broad SMARTS) is 1. The molecule has 1 aliphatic rings. The van der Waals surface area contributed by atoms with Crippen LogP contribution in [0.4, 0.5) is 4.79 Å². The summed E-state index contributed by atoms with van der Waals surface area (Å²) < 4.78 is 0. The Morgan fingerprint density at radius 1 is 1.44 bits per heavy atom. The lowest BCUT2D eigenvalue weighted by atomic mass is 10.1. The van der Waals surface area contributed by atoms with E-state index in [0.29, 0.717) is 6.54 Å². The predicted molar refractivity (Wildman–Crippen MR) is 70.2 cm³/mol. The number of aliphatic imine (C=N–C) groups is 1. The fourth-order valence-electron chi connectivity index (χ4n) is 1.81. The van der Waals surface area contributed by atoms with Gasteiger partial charge in [-0.3, -0.25) is 4.99 Å². The Kier molecular flexibility index (Phi) is 3.82. The average Bonchev–Trinajstić information content (AvgIpc) is 2.90. The molecule has 0 atom stereocenters. The van der Waals surface area contributed by atoms with Gasteiger partial charge in [0.2, 0.25) is 0 Å². The van der Waals surface area contributed by atoms with E-state index in [0.717, 1.165) is 36.5 Å². The SMILES string of the molecule is CN(CCc1ccc(C2=NCCN2)cc1)C(=O)O. The molecule has 0 spiro atoms. The van der Waals surface area contributed by atoms with E-state index in [2.05, 4.69) is 10.3 Å². The first kappa shape index (κ1) is 12.4. The van der Waals surface area contributed by atoms with Crippen LogP contribution in [0.2, 0.25) is 0 Å². The molecule has 0 fully saturated rings. The lowest BCUT2D eigenvalue weighted by molar-refractivity contribution is 0.156. The predicted octanol–water partition coefficient (Wildman–Crippen LogP) is 1.19. The molecule has 0 unspecified atom stereocenters. The molecule has 0 radical (unpaired) electrons. The number of nitrogens with one attached hydrogen (secondary N) is 1. The molecule has 0 saturated heterocycles. The van der Waals surface area contributed by atoms with Gasteiger partial charge < -0.3 is 15.3 Å². The zero-order chi connectivity index (χ0) is 13.0. The van der Waals surface area contributed by atoms with Crippen LogP contribution < -0.4 is 5.32 Å². The van der Waals surface area contributed by atoms with Crippen LogP contribution in [0.5, 0.6) is 0 Å². The van der Waals surface area contributed by atoms with Gasteiger partial charge >= 0.3 is 6.09 Å². The molecule has 1 aromatic rings. The monoisotopic (exact) mass is 247 g/mol. The molecule has 5 nitrogen and oxygen atoms in total. The van der Waals surface area contributed by atoms with Gasteiger partial charge in [-0.25, -0.2) is 4.79 Å². The van der Waals surface area contributed by atoms with Crippen molar-refractivity contribution in [1.29, 1.82) is 0 Å². The van der Waals surface area contributed by atoms with Gasteiger partial charge in [0, 0.05) is 25.7 Å². The van der Waals surface area contributed by atoms with Crippen LogP contribution in [0, 0.1) is 0 Å². The molecule has 1 heterocycles. The van der Waals surface area contributed by atoms with Gasteiger partial charge in [-0.2, -0.15) is 0 Å². The van der Waals surface area contributed by atoms with Crippen molar-refractivity contribution < 1.29 is 9.90 Å². The molecule has 5 heteroatoms. The van der Waals surface area contributed by atoms with Crippen molar-refractivity contribution >= 4 is 11.9 Å².